The molecule has 1 fully saturated rings. The first-order valence-electron chi connectivity index (χ1n) is 7.08. The molecule has 2 amide bonds. The molecule has 1 aromatic heterocycles. The SMILES string of the molecule is CC1CCCN(C(=O)CC(=O)NCc2cccnc2)C1. The van der Waals surface area contributed by atoms with Gasteiger partial charge in [0.1, 0.15) is 6.42 Å². The number of piperidine rings is 1. The average Bonchev–Trinajstić information content (AvgIpc) is 2.46. The highest BCUT2D eigenvalue weighted by Crippen LogP contribution is 2.16. The number of nitrogens with zero attached hydrogens (tertiary/aromatic N) is 2. The smallest absolute Gasteiger partial charge is 0.232 e. The first-order valence-corrected chi connectivity index (χ1v) is 7.08. The van der Waals surface area contributed by atoms with Gasteiger partial charge in [-0.15, -0.1) is 0 Å². The molecule has 0 spiro atoms. The second-order valence-corrected chi connectivity index (χ2v) is 5.40. The van der Waals surface area contributed by atoms with Crippen LogP contribution in [0.3, 0.4) is 0 Å². The van der Waals surface area contributed by atoms with Crippen LogP contribution in [0.1, 0.15) is 31.7 Å². The van der Waals surface area contributed by atoms with E-state index in [2.05, 4.69) is 17.2 Å². The molecule has 0 bridgehead atoms. The molecule has 0 aliphatic carbocycles. The Bertz CT molecular complexity index is 461. The highest BCUT2D eigenvalue weighted by Gasteiger charge is 2.22. The van der Waals surface area contributed by atoms with Gasteiger partial charge >= 0.3 is 0 Å². The second kappa shape index (κ2) is 7.03. The monoisotopic (exact) mass is 275 g/mol. The summed E-state index contributed by atoms with van der Waals surface area (Å²) in [4.78, 5) is 29.6. The van der Waals surface area contributed by atoms with Gasteiger partial charge in [-0.1, -0.05) is 13.0 Å². The summed E-state index contributed by atoms with van der Waals surface area (Å²) in [6, 6.07) is 3.71. The predicted molar refractivity (Wildman–Crippen MR) is 75.7 cm³/mol. The van der Waals surface area contributed by atoms with E-state index in [4.69, 9.17) is 0 Å². The number of nitrogens with one attached hydrogen (secondary N) is 1. The maximum atomic E-state index is 12.0. The minimum absolute atomic E-state index is 0.0625. The largest absolute Gasteiger partial charge is 0.352 e. The fourth-order valence-electron chi connectivity index (χ4n) is 2.43. The zero-order chi connectivity index (χ0) is 14.4. The molecule has 1 N–H and O–H groups in total. The van der Waals surface area contributed by atoms with Gasteiger partial charge in [0.15, 0.2) is 0 Å². The summed E-state index contributed by atoms with van der Waals surface area (Å²) < 4.78 is 0. The molecule has 1 aromatic rings. The molecule has 20 heavy (non-hydrogen) atoms. The molecule has 1 saturated heterocycles. The number of hydrogen-bond donors (Lipinski definition) is 1. The molecule has 0 aromatic carbocycles. The van der Waals surface area contributed by atoms with E-state index >= 15 is 0 Å². The fourth-order valence-corrected chi connectivity index (χ4v) is 2.43. The average molecular weight is 275 g/mol. The van der Waals surface area contributed by atoms with Crippen LogP contribution in [0, 0.1) is 5.92 Å². The zero-order valence-electron chi connectivity index (χ0n) is 11.8. The zero-order valence-corrected chi connectivity index (χ0v) is 11.8. The third-order valence-electron chi connectivity index (χ3n) is 3.53. The van der Waals surface area contributed by atoms with Crippen molar-refractivity contribution in [2.24, 2.45) is 5.92 Å². The Hall–Kier alpha value is -1.91. The Morgan fingerprint density at radius 2 is 2.35 bits per heavy atom. The van der Waals surface area contributed by atoms with Gasteiger partial charge in [-0.25, -0.2) is 0 Å². The van der Waals surface area contributed by atoms with Crippen molar-refractivity contribution in [3.63, 3.8) is 0 Å². The summed E-state index contributed by atoms with van der Waals surface area (Å²) in [5.74, 6) is 0.239. The van der Waals surface area contributed by atoms with Crippen molar-refractivity contribution < 1.29 is 9.59 Å². The van der Waals surface area contributed by atoms with Crippen molar-refractivity contribution in [2.45, 2.75) is 32.7 Å². The number of pyridine rings is 1. The van der Waals surface area contributed by atoms with Crippen molar-refractivity contribution in [1.82, 2.24) is 15.2 Å². The predicted octanol–water partition coefficient (Wildman–Crippen LogP) is 1.35. The molecule has 5 nitrogen and oxygen atoms in total. The van der Waals surface area contributed by atoms with E-state index in [1.807, 2.05) is 12.1 Å². The quantitative estimate of drug-likeness (QED) is 0.844. The van der Waals surface area contributed by atoms with Crippen LogP contribution in [0.2, 0.25) is 0 Å². The minimum atomic E-state index is -0.225. The Morgan fingerprint density at radius 3 is 3.05 bits per heavy atom. The molecule has 1 aliphatic heterocycles. The fraction of sp³-hybridized carbons (Fsp3) is 0.533. The van der Waals surface area contributed by atoms with E-state index in [0.29, 0.717) is 12.5 Å². The number of hydrogen-bond acceptors (Lipinski definition) is 3. The van der Waals surface area contributed by atoms with Crippen molar-refractivity contribution in [2.75, 3.05) is 13.1 Å². The molecule has 2 heterocycles. The minimum Gasteiger partial charge on any atom is -0.352 e. The van der Waals surface area contributed by atoms with Crippen molar-refractivity contribution in [1.29, 1.82) is 0 Å². The lowest BCUT2D eigenvalue weighted by molar-refractivity contribution is -0.137. The Kier molecular flexibility index (Phi) is 5.09. The molecule has 5 heteroatoms. The van der Waals surface area contributed by atoms with Gasteiger partial charge in [0.2, 0.25) is 11.8 Å². The summed E-state index contributed by atoms with van der Waals surface area (Å²) in [5, 5.41) is 2.75. The van der Waals surface area contributed by atoms with Gasteiger partial charge in [-0.05, 0) is 30.4 Å². The standard InChI is InChI=1S/C15H21N3O2/c1-12-4-3-7-18(11-12)15(20)8-14(19)17-10-13-5-2-6-16-9-13/h2,5-6,9,12H,3-4,7-8,10-11H2,1H3,(H,17,19). The summed E-state index contributed by atoms with van der Waals surface area (Å²) in [7, 11) is 0. The number of likely N-dealkylation sites (tertiary alicyclic amines) is 1. The Balaban J connectivity index is 1.75. The lowest BCUT2D eigenvalue weighted by Gasteiger charge is -2.30. The molecule has 1 unspecified atom stereocenters. The van der Waals surface area contributed by atoms with Crippen LogP contribution in [0.25, 0.3) is 0 Å². The van der Waals surface area contributed by atoms with Crippen molar-refractivity contribution >= 4 is 11.8 Å². The Labute approximate surface area is 119 Å². The van der Waals surface area contributed by atoms with Crippen LogP contribution in [0.5, 0.6) is 0 Å². The first-order chi connectivity index (χ1) is 9.65. The molecular weight excluding hydrogens is 254 g/mol. The van der Waals surface area contributed by atoms with E-state index in [1.165, 1.54) is 0 Å². The van der Waals surface area contributed by atoms with Gasteiger partial charge in [-0.3, -0.25) is 14.6 Å². The molecule has 1 aliphatic rings. The van der Waals surface area contributed by atoms with E-state index in [9.17, 15) is 9.59 Å². The number of rotatable bonds is 4. The first kappa shape index (κ1) is 14.5. The van der Waals surface area contributed by atoms with Crippen LogP contribution in [0.15, 0.2) is 24.5 Å². The van der Waals surface area contributed by atoms with E-state index < -0.39 is 0 Å². The van der Waals surface area contributed by atoms with Gasteiger partial charge in [0.25, 0.3) is 0 Å². The van der Waals surface area contributed by atoms with Crippen LogP contribution in [-0.2, 0) is 16.1 Å². The second-order valence-electron chi connectivity index (χ2n) is 5.40. The maximum absolute atomic E-state index is 12.0. The Morgan fingerprint density at radius 1 is 1.50 bits per heavy atom. The van der Waals surface area contributed by atoms with E-state index in [0.717, 1.165) is 31.5 Å². The summed E-state index contributed by atoms with van der Waals surface area (Å²) in [6.07, 6.45) is 5.52. The summed E-state index contributed by atoms with van der Waals surface area (Å²) in [5.41, 5.74) is 0.930. The van der Waals surface area contributed by atoms with Crippen LogP contribution >= 0.6 is 0 Å². The number of aromatic nitrogens is 1. The van der Waals surface area contributed by atoms with Crippen molar-refractivity contribution in [3.8, 4) is 0 Å². The van der Waals surface area contributed by atoms with Gasteiger partial charge in [0, 0.05) is 32.0 Å². The van der Waals surface area contributed by atoms with Gasteiger partial charge in [-0.2, -0.15) is 0 Å². The number of amides is 2. The van der Waals surface area contributed by atoms with Crippen molar-refractivity contribution in [3.05, 3.63) is 30.1 Å². The summed E-state index contributed by atoms with van der Waals surface area (Å²) in [6.45, 7) is 4.10. The highest BCUT2D eigenvalue weighted by atomic mass is 16.2. The van der Waals surface area contributed by atoms with E-state index in [1.54, 1.807) is 17.3 Å². The molecule has 108 valence electrons. The van der Waals surface area contributed by atoms with Gasteiger partial charge < -0.3 is 10.2 Å². The maximum Gasteiger partial charge on any atom is 0.232 e. The van der Waals surface area contributed by atoms with Gasteiger partial charge in [0.05, 0.1) is 0 Å². The molecular formula is C15H21N3O2. The molecule has 2 rings (SSSR count). The van der Waals surface area contributed by atoms with E-state index in [-0.39, 0.29) is 18.2 Å². The topological polar surface area (TPSA) is 62.3 Å². The lowest BCUT2D eigenvalue weighted by Crippen LogP contribution is -2.41. The third kappa shape index (κ3) is 4.33. The van der Waals surface area contributed by atoms with Crippen LogP contribution in [-0.4, -0.2) is 34.8 Å². The van der Waals surface area contributed by atoms with Crippen LogP contribution in [0.4, 0.5) is 0 Å². The van der Waals surface area contributed by atoms with Crippen LogP contribution < -0.4 is 5.32 Å². The summed E-state index contributed by atoms with van der Waals surface area (Å²) >= 11 is 0. The third-order valence-corrected chi connectivity index (χ3v) is 3.53. The molecule has 0 saturated carbocycles. The number of carbonyl (C=O) groups excluding carboxylic acids is 2. The lowest BCUT2D eigenvalue weighted by atomic mass is 10.00. The number of carbonyl (C=O) groups is 2. The normalized spacial score (nSPS) is 18.6. The molecule has 1 atom stereocenters. The highest BCUT2D eigenvalue weighted by molar-refractivity contribution is 5.96. The molecule has 0 radical (unpaired) electrons.